The molecule has 4 aromatic rings. The summed E-state index contributed by atoms with van der Waals surface area (Å²) in [5.74, 6) is 0.976. The Morgan fingerprint density at radius 2 is 2.18 bits per heavy atom. The second kappa shape index (κ2) is 7.11. The largest absolute Gasteiger partial charge is 0.378 e. The molecule has 3 aromatic heterocycles. The molecule has 0 spiro atoms. The molecule has 6 nitrogen and oxygen atoms in total. The molecule has 0 radical (unpaired) electrons. The predicted molar refractivity (Wildman–Crippen MR) is 109 cm³/mol. The van der Waals surface area contributed by atoms with E-state index >= 15 is 0 Å². The van der Waals surface area contributed by atoms with Crippen LogP contribution in [0.1, 0.15) is 37.3 Å². The highest BCUT2D eigenvalue weighted by Gasteiger charge is 2.26. The summed E-state index contributed by atoms with van der Waals surface area (Å²) < 4.78 is 8.16. The summed E-state index contributed by atoms with van der Waals surface area (Å²) in [4.78, 5) is 9.52. The van der Waals surface area contributed by atoms with Crippen LogP contribution in [0.15, 0.2) is 42.7 Å². The molecule has 0 bridgehead atoms. The van der Waals surface area contributed by atoms with Crippen LogP contribution in [0, 0.1) is 0 Å². The van der Waals surface area contributed by atoms with Gasteiger partial charge in [0, 0.05) is 29.3 Å². The van der Waals surface area contributed by atoms with Gasteiger partial charge in [0.2, 0.25) is 0 Å². The van der Waals surface area contributed by atoms with Gasteiger partial charge in [-0.3, -0.25) is 4.98 Å². The molecule has 1 fully saturated rings. The maximum absolute atomic E-state index is 6.32. The lowest BCUT2D eigenvalue weighted by Gasteiger charge is -2.30. The van der Waals surface area contributed by atoms with Crippen molar-refractivity contribution in [3.05, 3.63) is 59.3 Å². The van der Waals surface area contributed by atoms with Crippen molar-refractivity contribution in [3.8, 4) is 0 Å². The third-order valence-electron chi connectivity index (χ3n) is 5.34. The molecule has 4 heterocycles. The van der Waals surface area contributed by atoms with E-state index in [1.807, 2.05) is 36.5 Å². The van der Waals surface area contributed by atoms with Gasteiger partial charge in [-0.05, 0) is 50.1 Å². The van der Waals surface area contributed by atoms with Gasteiger partial charge in [0.25, 0.3) is 0 Å². The molecule has 0 aliphatic carbocycles. The van der Waals surface area contributed by atoms with E-state index < -0.39 is 0 Å². The zero-order valence-electron chi connectivity index (χ0n) is 15.5. The van der Waals surface area contributed by atoms with Crippen LogP contribution in [-0.4, -0.2) is 37.4 Å². The topological polar surface area (TPSA) is 65.7 Å². The zero-order chi connectivity index (χ0) is 19.1. The summed E-state index contributed by atoms with van der Waals surface area (Å²) in [6, 6.07) is 10.0. The van der Waals surface area contributed by atoms with E-state index in [-0.39, 0.29) is 6.10 Å². The number of rotatable bonds is 3. The molecule has 0 amide bonds. The van der Waals surface area contributed by atoms with Crippen LogP contribution in [0.4, 0.5) is 0 Å². The monoisotopic (exact) mass is 393 g/mol. The highest BCUT2D eigenvalue weighted by Crippen LogP contribution is 2.34. The summed E-state index contributed by atoms with van der Waals surface area (Å²) in [7, 11) is 0. The Morgan fingerprint density at radius 3 is 3.00 bits per heavy atom. The Bertz CT molecular complexity index is 1140. The van der Waals surface area contributed by atoms with Crippen molar-refractivity contribution in [2.75, 3.05) is 6.61 Å². The van der Waals surface area contributed by atoms with Gasteiger partial charge in [0.15, 0.2) is 0 Å². The molecule has 1 aliphatic rings. The molecular weight excluding hydrogens is 374 g/mol. The number of hydrogen-bond acceptors (Lipinski definition) is 5. The number of hydrogen-bond donors (Lipinski definition) is 0. The maximum Gasteiger partial charge on any atom is 0.116 e. The van der Waals surface area contributed by atoms with Crippen molar-refractivity contribution in [1.29, 1.82) is 0 Å². The second-order valence-electron chi connectivity index (χ2n) is 7.30. The van der Waals surface area contributed by atoms with Gasteiger partial charge in [-0.15, -0.1) is 0 Å². The minimum atomic E-state index is 0.220. The van der Waals surface area contributed by atoms with Crippen LogP contribution in [0.25, 0.3) is 21.9 Å². The smallest absolute Gasteiger partial charge is 0.116 e. The molecule has 0 saturated carbocycles. The Morgan fingerprint density at radius 1 is 1.25 bits per heavy atom. The Hall–Kier alpha value is -2.57. The predicted octanol–water partition coefficient (Wildman–Crippen LogP) is 4.36. The van der Waals surface area contributed by atoms with Crippen molar-refractivity contribution in [2.24, 2.45) is 0 Å². The molecule has 1 aromatic carbocycles. The Kier molecular flexibility index (Phi) is 4.45. The van der Waals surface area contributed by atoms with Gasteiger partial charge < -0.3 is 9.30 Å². The summed E-state index contributed by atoms with van der Waals surface area (Å²) >= 11 is 6.32. The number of fused-ring (bicyclic) bond motifs is 3. The average Bonchev–Trinajstić information content (AvgIpc) is 3.07. The van der Waals surface area contributed by atoms with Crippen LogP contribution in [0.5, 0.6) is 0 Å². The first-order valence-electron chi connectivity index (χ1n) is 9.52. The lowest BCUT2D eigenvalue weighted by atomic mass is 10.0. The van der Waals surface area contributed by atoms with Crippen molar-refractivity contribution in [2.45, 2.75) is 38.3 Å². The standard InChI is InChI=1S/C21H20ClN5O/c1-13-9-16(6-8-28-13)27-20(11-15-3-2-7-24-26-15)25-19-12-23-18-5-4-14(22)10-17(18)21(19)27/h2-5,7,10,12-13,16H,6,8-9,11H2,1H3/t13-,16?/m1/s1. The molecule has 28 heavy (non-hydrogen) atoms. The van der Waals surface area contributed by atoms with Crippen molar-refractivity contribution < 1.29 is 4.74 Å². The van der Waals surface area contributed by atoms with Gasteiger partial charge in [0.05, 0.1) is 35.4 Å². The number of halogens is 1. The minimum Gasteiger partial charge on any atom is -0.378 e. The quantitative estimate of drug-likeness (QED) is 0.517. The van der Waals surface area contributed by atoms with Crippen molar-refractivity contribution >= 4 is 33.5 Å². The molecule has 7 heteroatoms. The van der Waals surface area contributed by atoms with Crippen molar-refractivity contribution in [1.82, 2.24) is 24.7 Å². The first-order valence-corrected chi connectivity index (χ1v) is 9.90. The fourth-order valence-corrected chi connectivity index (χ4v) is 4.29. The van der Waals surface area contributed by atoms with Crippen LogP contribution in [-0.2, 0) is 11.2 Å². The van der Waals surface area contributed by atoms with E-state index in [1.54, 1.807) is 6.20 Å². The second-order valence-corrected chi connectivity index (χ2v) is 7.74. The first-order chi connectivity index (χ1) is 13.7. The maximum atomic E-state index is 6.32. The molecule has 1 unspecified atom stereocenters. The van der Waals surface area contributed by atoms with Gasteiger partial charge in [-0.25, -0.2) is 4.98 Å². The van der Waals surface area contributed by atoms with Crippen LogP contribution in [0.3, 0.4) is 0 Å². The van der Waals surface area contributed by atoms with E-state index in [0.717, 1.165) is 52.9 Å². The normalized spacial score (nSPS) is 20.1. The van der Waals surface area contributed by atoms with Crippen LogP contribution < -0.4 is 0 Å². The fraction of sp³-hybridized carbons (Fsp3) is 0.333. The SMILES string of the molecule is C[C@@H]1CC(n2c(Cc3cccnn3)nc3cnc4ccc(Cl)cc4c32)CCO1. The molecule has 0 N–H and O–H groups in total. The number of benzene rings is 1. The zero-order valence-corrected chi connectivity index (χ0v) is 16.3. The van der Waals surface area contributed by atoms with Gasteiger partial charge in [-0.1, -0.05) is 11.6 Å². The van der Waals surface area contributed by atoms with Gasteiger partial charge in [-0.2, -0.15) is 10.2 Å². The van der Waals surface area contributed by atoms with E-state index in [4.69, 9.17) is 21.3 Å². The molecule has 142 valence electrons. The molecule has 2 atom stereocenters. The summed E-state index contributed by atoms with van der Waals surface area (Å²) in [5, 5.41) is 10.00. The molecular formula is C21H20ClN5O. The minimum absolute atomic E-state index is 0.220. The fourth-order valence-electron chi connectivity index (χ4n) is 4.11. The Balaban J connectivity index is 1.75. The first kappa shape index (κ1) is 17.5. The van der Waals surface area contributed by atoms with Gasteiger partial charge in [0.1, 0.15) is 11.3 Å². The van der Waals surface area contributed by atoms with E-state index in [2.05, 4.69) is 26.7 Å². The van der Waals surface area contributed by atoms with Gasteiger partial charge >= 0.3 is 0 Å². The summed E-state index contributed by atoms with van der Waals surface area (Å²) in [5.41, 5.74) is 3.79. The highest BCUT2D eigenvalue weighted by molar-refractivity contribution is 6.31. The number of nitrogens with zero attached hydrogens (tertiary/aromatic N) is 5. The van der Waals surface area contributed by atoms with Crippen LogP contribution >= 0.6 is 11.6 Å². The average molecular weight is 394 g/mol. The number of aromatic nitrogens is 5. The van der Waals surface area contributed by atoms with E-state index in [1.165, 1.54) is 0 Å². The Labute approximate surface area is 167 Å². The molecule has 1 aliphatic heterocycles. The van der Waals surface area contributed by atoms with Crippen molar-refractivity contribution in [3.63, 3.8) is 0 Å². The third kappa shape index (κ3) is 3.12. The lowest BCUT2D eigenvalue weighted by molar-refractivity contribution is 0.00631. The lowest BCUT2D eigenvalue weighted by Crippen LogP contribution is -2.26. The van der Waals surface area contributed by atoms with E-state index in [0.29, 0.717) is 17.5 Å². The molecule has 5 rings (SSSR count). The molecule has 1 saturated heterocycles. The third-order valence-corrected chi connectivity index (χ3v) is 5.58. The summed E-state index contributed by atoms with van der Waals surface area (Å²) in [6.45, 7) is 2.88. The number of pyridine rings is 1. The number of imidazole rings is 1. The number of ether oxygens (including phenoxy) is 1. The highest BCUT2D eigenvalue weighted by atomic mass is 35.5. The summed E-state index contributed by atoms with van der Waals surface area (Å²) in [6.07, 6.45) is 6.28. The van der Waals surface area contributed by atoms with E-state index in [9.17, 15) is 0 Å². The van der Waals surface area contributed by atoms with Crippen LogP contribution in [0.2, 0.25) is 5.02 Å².